The molecule has 0 radical (unpaired) electrons. The van der Waals surface area contributed by atoms with Gasteiger partial charge in [0, 0.05) is 18.6 Å². The molecule has 2 N–H and O–H groups in total. The lowest BCUT2D eigenvalue weighted by molar-refractivity contribution is -0.117. The third kappa shape index (κ3) is 4.75. The molecule has 3 aromatic heterocycles. The van der Waals surface area contributed by atoms with Crippen molar-refractivity contribution < 1.29 is 4.79 Å². The van der Waals surface area contributed by atoms with E-state index in [4.69, 9.17) is 0 Å². The zero-order valence-electron chi connectivity index (χ0n) is 16.7. The van der Waals surface area contributed by atoms with Crippen molar-refractivity contribution in [3.8, 4) is 16.5 Å². The van der Waals surface area contributed by atoms with Crippen molar-refractivity contribution in [1.29, 1.82) is 0 Å². The van der Waals surface area contributed by atoms with Crippen LogP contribution in [-0.2, 0) is 4.79 Å². The molecule has 148 valence electrons. The molecule has 1 amide bonds. The van der Waals surface area contributed by atoms with E-state index in [1.54, 1.807) is 17.4 Å². The number of thiophene rings is 1. The summed E-state index contributed by atoms with van der Waals surface area (Å²) >= 11 is 1.55. The first-order valence-corrected chi connectivity index (χ1v) is 10.1. The predicted octanol–water partition coefficient (Wildman–Crippen LogP) is 4.18. The predicted molar refractivity (Wildman–Crippen MR) is 112 cm³/mol. The van der Waals surface area contributed by atoms with Crippen molar-refractivity contribution in [1.82, 2.24) is 19.7 Å². The lowest BCUT2D eigenvalue weighted by atomic mass is 9.92. The molecule has 0 spiro atoms. The van der Waals surface area contributed by atoms with Gasteiger partial charge in [0.05, 0.1) is 10.6 Å². The second-order valence-electron chi connectivity index (χ2n) is 8.24. The Kier molecular flexibility index (Phi) is 5.51. The number of nitrogens with one attached hydrogen (secondary N) is 2. The average molecular weight is 400 g/mol. The molecule has 0 fully saturated rings. The highest BCUT2D eigenvalue weighted by Crippen LogP contribution is 2.28. The van der Waals surface area contributed by atoms with Crippen LogP contribution in [0.15, 0.2) is 34.4 Å². The smallest absolute Gasteiger partial charge is 0.252 e. The van der Waals surface area contributed by atoms with Crippen LogP contribution in [0.25, 0.3) is 16.5 Å². The molecule has 28 heavy (non-hydrogen) atoms. The Labute approximate surface area is 167 Å². The van der Waals surface area contributed by atoms with E-state index in [1.807, 2.05) is 52.1 Å². The minimum absolute atomic E-state index is 0.0901. The van der Waals surface area contributed by atoms with Gasteiger partial charge in [0.2, 0.25) is 11.9 Å². The maximum Gasteiger partial charge on any atom is 0.252 e. The van der Waals surface area contributed by atoms with Gasteiger partial charge in [0.25, 0.3) is 5.56 Å². The van der Waals surface area contributed by atoms with E-state index in [1.165, 1.54) is 10.7 Å². The van der Waals surface area contributed by atoms with E-state index in [-0.39, 0.29) is 28.7 Å². The topological polar surface area (TPSA) is 92.7 Å². The van der Waals surface area contributed by atoms with Crippen LogP contribution in [0.2, 0.25) is 0 Å². The van der Waals surface area contributed by atoms with Crippen LogP contribution in [0.3, 0.4) is 0 Å². The molecule has 0 saturated heterocycles. The van der Waals surface area contributed by atoms with Crippen LogP contribution in [-0.4, -0.2) is 25.7 Å². The number of anilines is 1. The number of hydrogen-bond acceptors (Lipinski definition) is 5. The molecule has 0 aliphatic heterocycles. The highest BCUT2D eigenvalue weighted by Gasteiger charge is 2.20. The van der Waals surface area contributed by atoms with Gasteiger partial charge < -0.3 is 5.32 Å². The van der Waals surface area contributed by atoms with Crippen molar-refractivity contribution in [3.63, 3.8) is 0 Å². The maximum atomic E-state index is 12.5. The van der Waals surface area contributed by atoms with Gasteiger partial charge in [0.15, 0.2) is 0 Å². The summed E-state index contributed by atoms with van der Waals surface area (Å²) in [5, 5.41) is 9.48. The SMILES string of the molecule is CC(C)c1cc(=O)[nH]c(-n2nc(-c3cccs3)cc2NC(=O)CC(C)(C)C)n1. The maximum absolute atomic E-state index is 12.5. The molecule has 0 saturated carbocycles. The molecule has 0 bridgehead atoms. The lowest BCUT2D eigenvalue weighted by Gasteiger charge is -2.17. The van der Waals surface area contributed by atoms with Gasteiger partial charge >= 0.3 is 0 Å². The summed E-state index contributed by atoms with van der Waals surface area (Å²) in [6.45, 7) is 9.96. The number of amides is 1. The minimum Gasteiger partial charge on any atom is -0.310 e. The molecule has 0 aliphatic carbocycles. The number of H-pyrrole nitrogens is 1. The highest BCUT2D eigenvalue weighted by atomic mass is 32.1. The van der Waals surface area contributed by atoms with Crippen molar-refractivity contribution in [3.05, 3.63) is 45.7 Å². The Morgan fingerprint density at radius 1 is 1.32 bits per heavy atom. The van der Waals surface area contributed by atoms with Crippen LogP contribution >= 0.6 is 11.3 Å². The number of rotatable bonds is 5. The normalized spacial score (nSPS) is 11.8. The van der Waals surface area contributed by atoms with Crippen LogP contribution < -0.4 is 10.9 Å². The van der Waals surface area contributed by atoms with Crippen molar-refractivity contribution in [2.75, 3.05) is 5.32 Å². The second-order valence-corrected chi connectivity index (χ2v) is 9.19. The Balaban J connectivity index is 2.06. The zero-order valence-corrected chi connectivity index (χ0v) is 17.6. The first-order chi connectivity index (χ1) is 13.1. The van der Waals surface area contributed by atoms with Crippen LogP contribution in [0.4, 0.5) is 5.82 Å². The van der Waals surface area contributed by atoms with Crippen molar-refractivity contribution in [2.24, 2.45) is 5.41 Å². The fourth-order valence-corrected chi connectivity index (χ4v) is 3.39. The first kappa shape index (κ1) is 20.0. The van der Waals surface area contributed by atoms with Gasteiger partial charge in [0.1, 0.15) is 11.5 Å². The second kappa shape index (κ2) is 7.71. The summed E-state index contributed by atoms with van der Waals surface area (Å²) in [7, 11) is 0. The highest BCUT2D eigenvalue weighted by molar-refractivity contribution is 7.13. The average Bonchev–Trinajstić information content (AvgIpc) is 3.21. The molecule has 3 heterocycles. The Bertz CT molecular complexity index is 1030. The van der Waals surface area contributed by atoms with E-state index < -0.39 is 0 Å². The third-order valence-electron chi connectivity index (χ3n) is 3.98. The van der Waals surface area contributed by atoms with E-state index in [0.717, 1.165) is 4.88 Å². The molecule has 3 rings (SSSR count). The Morgan fingerprint density at radius 2 is 2.07 bits per heavy atom. The van der Waals surface area contributed by atoms with E-state index >= 15 is 0 Å². The molecule has 3 aromatic rings. The standard InChI is InChI=1S/C20H25N5O2S/c1-12(2)13-10-17(26)23-19(21-13)25-16(22-18(27)11-20(3,4)5)9-14(24-25)15-7-6-8-28-15/h6-10,12H,11H2,1-5H3,(H,22,27)(H,21,23,26). The fraction of sp³-hybridized carbons (Fsp3) is 0.400. The Hall–Kier alpha value is -2.74. The Morgan fingerprint density at radius 3 is 2.68 bits per heavy atom. The summed E-state index contributed by atoms with van der Waals surface area (Å²) in [6, 6.07) is 7.18. The van der Waals surface area contributed by atoms with Crippen molar-refractivity contribution >= 4 is 23.1 Å². The molecular formula is C20H25N5O2S. The van der Waals surface area contributed by atoms with Crippen LogP contribution in [0.5, 0.6) is 0 Å². The summed E-state index contributed by atoms with van der Waals surface area (Å²) in [4.78, 5) is 32.9. The van der Waals surface area contributed by atoms with E-state index in [0.29, 0.717) is 23.6 Å². The van der Waals surface area contributed by atoms with Gasteiger partial charge in [-0.1, -0.05) is 40.7 Å². The van der Waals surface area contributed by atoms with Crippen molar-refractivity contribution in [2.45, 2.75) is 47.0 Å². The summed E-state index contributed by atoms with van der Waals surface area (Å²) in [5.74, 6) is 0.729. The molecular weight excluding hydrogens is 374 g/mol. The number of hydrogen-bond donors (Lipinski definition) is 2. The first-order valence-electron chi connectivity index (χ1n) is 9.18. The zero-order chi connectivity index (χ0) is 20.5. The monoisotopic (exact) mass is 399 g/mol. The summed E-state index contributed by atoms with van der Waals surface area (Å²) < 4.78 is 1.49. The molecule has 0 aromatic carbocycles. The third-order valence-corrected chi connectivity index (χ3v) is 4.87. The van der Waals surface area contributed by atoms with Gasteiger partial charge in [-0.2, -0.15) is 9.78 Å². The number of nitrogens with zero attached hydrogens (tertiary/aromatic N) is 3. The number of aromatic amines is 1. The quantitative estimate of drug-likeness (QED) is 0.673. The van der Waals surface area contributed by atoms with Gasteiger partial charge in [-0.15, -0.1) is 11.3 Å². The largest absolute Gasteiger partial charge is 0.310 e. The molecule has 8 heteroatoms. The van der Waals surface area contributed by atoms with E-state index in [2.05, 4.69) is 20.4 Å². The molecule has 0 aliphatic rings. The van der Waals surface area contributed by atoms with E-state index in [9.17, 15) is 9.59 Å². The molecule has 0 atom stereocenters. The molecule has 7 nitrogen and oxygen atoms in total. The lowest BCUT2D eigenvalue weighted by Crippen LogP contribution is -2.22. The fourth-order valence-electron chi connectivity index (χ4n) is 2.70. The van der Waals surface area contributed by atoms with Gasteiger partial charge in [-0.05, 0) is 22.8 Å². The number of carbonyl (C=O) groups excluding carboxylic acids is 1. The summed E-state index contributed by atoms with van der Waals surface area (Å²) in [6.07, 6.45) is 0.364. The minimum atomic E-state index is -0.256. The van der Waals surface area contributed by atoms with Gasteiger partial charge in [-0.3, -0.25) is 14.6 Å². The van der Waals surface area contributed by atoms with Crippen LogP contribution in [0, 0.1) is 5.41 Å². The molecule has 0 unspecified atom stereocenters. The number of aromatic nitrogens is 4. The summed E-state index contributed by atoms with van der Waals surface area (Å²) in [5.41, 5.74) is 0.974. The number of carbonyl (C=O) groups is 1. The van der Waals surface area contributed by atoms with Crippen LogP contribution in [0.1, 0.15) is 52.7 Å². The van der Waals surface area contributed by atoms with Gasteiger partial charge in [-0.25, -0.2) is 4.98 Å².